The van der Waals surface area contributed by atoms with E-state index in [0.717, 1.165) is 17.5 Å². The fourth-order valence-electron chi connectivity index (χ4n) is 3.00. The molecule has 0 aliphatic heterocycles. The summed E-state index contributed by atoms with van der Waals surface area (Å²) >= 11 is 1.37. The van der Waals surface area contributed by atoms with Gasteiger partial charge in [-0.3, -0.25) is 4.79 Å². The summed E-state index contributed by atoms with van der Waals surface area (Å²) in [4.78, 5) is 21.2. The van der Waals surface area contributed by atoms with E-state index in [1.54, 1.807) is 24.5 Å². The summed E-state index contributed by atoms with van der Waals surface area (Å²) in [5.74, 6) is 0.140. The first-order valence-electron chi connectivity index (χ1n) is 9.26. The molecular formula is C22H16F3N3O2S. The van der Waals surface area contributed by atoms with Crippen LogP contribution in [0.5, 0.6) is 0 Å². The molecule has 0 saturated carbocycles. The normalized spacial score (nSPS) is 11.6. The number of alkyl halides is 3. The number of thioether (sulfide) groups is 1. The molecule has 0 bridgehead atoms. The summed E-state index contributed by atoms with van der Waals surface area (Å²) in [6.45, 7) is 0.0718. The van der Waals surface area contributed by atoms with Crippen molar-refractivity contribution in [2.24, 2.45) is 0 Å². The van der Waals surface area contributed by atoms with Crippen molar-refractivity contribution >= 4 is 28.6 Å². The lowest BCUT2D eigenvalue weighted by atomic mass is 10.1. The van der Waals surface area contributed by atoms with Crippen LogP contribution < -0.4 is 5.32 Å². The Bertz CT molecular complexity index is 1190. The number of carbonyl (C=O) groups excluding carboxylic acids is 1. The Kier molecular flexibility index (Phi) is 5.94. The van der Waals surface area contributed by atoms with Gasteiger partial charge in [-0.1, -0.05) is 42.1 Å². The second kappa shape index (κ2) is 8.81. The summed E-state index contributed by atoms with van der Waals surface area (Å²) in [7, 11) is 0. The van der Waals surface area contributed by atoms with Gasteiger partial charge in [-0.05, 0) is 29.8 Å². The maximum atomic E-state index is 12.8. The van der Waals surface area contributed by atoms with Crippen molar-refractivity contribution < 1.29 is 22.4 Å². The Morgan fingerprint density at radius 2 is 1.71 bits per heavy atom. The quantitative estimate of drug-likeness (QED) is 0.316. The van der Waals surface area contributed by atoms with Crippen molar-refractivity contribution in [3.8, 4) is 0 Å². The maximum absolute atomic E-state index is 12.8. The van der Waals surface area contributed by atoms with Crippen LogP contribution >= 0.6 is 11.8 Å². The molecule has 0 spiro atoms. The lowest BCUT2D eigenvalue weighted by molar-refractivity contribution is -0.137. The van der Waals surface area contributed by atoms with Crippen LogP contribution in [0.3, 0.4) is 0 Å². The first-order valence-corrected chi connectivity index (χ1v) is 10.2. The molecule has 31 heavy (non-hydrogen) atoms. The fourth-order valence-corrected chi connectivity index (χ4v) is 3.83. The number of fused-ring (bicyclic) bond motifs is 1. The van der Waals surface area contributed by atoms with E-state index in [1.807, 2.05) is 18.2 Å². The first kappa shape index (κ1) is 20.9. The van der Waals surface area contributed by atoms with Crippen molar-refractivity contribution in [3.05, 3.63) is 89.4 Å². The second-order valence-electron chi connectivity index (χ2n) is 6.60. The molecule has 0 saturated heterocycles. The van der Waals surface area contributed by atoms with E-state index in [1.165, 1.54) is 23.9 Å². The van der Waals surface area contributed by atoms with Crippen LogP contribution in [0.25, 0.3) is 11.0 Å². The zero-order valence-corrected chi connectivity index (χ0v) is 16.8. The number of carbonyl (C=O) groups is 1. The smallest absolute Gasteiger partial charge is 0.416 e. The number of hydrogen-bond acceptors (Lipinski definition) is 5. The van der Waals surface area contributed by atoms with Gasteiger partial charge in [0, 0.05) is 35.6 Å². The van der Waals surface area contributed by atoms with E-state index in [2.05, 4.69) is 15.3 Å². The summed E-state index contributed by atoms with van der Waals surface area (Å²) in [5.41, 5.74) is 1.10. The lowest BCUT2D eigenvalue weighted by Gasteiger charge is -2.08. The number of aromatic nitrogens is 2. The highest BCUT2D eigenvalue weighted by Crippen LogP contribution is 2.31. The van der Waals surface area contributed by atoms with Gasteiger partial charge in [0.15, 0.2) is 10.9 Å². The Hall–Kier alpha value is -3.33. The van der Waals surface area contributed by atoms with Crippen molar-refractivity contribution in [2.45, 2.75) is 23.6 Å². The van der Waals surface area contributed by atoms with Crippen LogP contribution in [0.1, 0.15) is 27.2 Å². The Morgan fingerprint density at radius 1 is 1.00 bits per heavy atom. The minimum Gasteiger partial charge on any atom is -0.451 e. The fraction of sp³-hybridized carbons (Fsp3) is 0.136. The number of hydrogen-bond donors (Lipinski definition) is 1. The average Bonchev–Trinajstić information content (AvgIpc) is 3.15. The maximum Gasteiger partial charge on any atom is 0.416 e. The number of halogens is 3. The summed E-state index contributed by atoms with van der Waals surface area (Å²) < 4.78 is 43.9. The van der Waals surface area contributed by atoms with E-state index in [-0.39, 0.29) is 12.3 Å². The Balaban J connectivity index is 1.52. The molecule has 0 fully saturated rings. The average molecular weight is 443 g/mol. The van der Waals surface area contributed by atoms with E-state index in [4.69, 9.17) is 4.42 Å². The number of benzene rings is 2. The van der Waals surface area contributed by atoms with E-state index in [9.17, 15) is 18.0 Å². The minimum atomic E-state index is -4.40. The third-order valence-electron chi connectivity index (χ3n) is 4.53. The van der Waals surface area contributed by atoms with Crippen LogP contribution in [0.2, 0.25) is 0 Å². The zero-order valence-electron chi connectivity index (χ0n) is 16.0. The molecule has 0 atom stereocenters. The summed E-state index contributed by atoms with van der Waals surface area (Å²) in [6, 6.07) is 13.7. The predicted molar refractivity (Wildman–Crippen MR) is 110 cm³/mol. The van der Waals surface area contributed by atoms with Gasteiger partial charge in [0.25, 0.3) is 5.91 Å². The third kappa shape index (κ3) is 4.88. The third-order valence-corrected chi connectivity index (χ3v) is 5.43. The van der Waals surface area contributed by atoms with Crippen LogP contribution in [0.4, 0.5) is 13.2 Å². The van der Waals surface area contributed by atoms with Crippen LogP contribution in [-0.2, 0) is 18.5 Å². The standard InChI is InChI=1S/C22H16F3N3O2S/c23-22(24,25)15-8-6-14(7-9-15)12-28-20(29)19-17(13-31-21-26-10-3-11-27-21)16-4-1-2-5-18(16)30-19/h1-11H,12-13H2,(H,28,29). The molecule has 158 valence electrons. The van der Waals surface area contributed by atoms with Crippen LogP contribution in [-0.4, -0.2) is 15.9 Å². The van der Waals surface area contributed by atoms with Gasteiger partial charge in [-0.15, -0.1) is 0 Å². The molecule has 5 nitrogen and oxygen atoms in total. The first-order chi connectivity index (χ1) is 14.9. The van der Waals surface area contributed by atoms with Gasteiger partial charge in [0.1, 0.15) is 5.58 Å². The Morgan fingerprint density at radius 3 is 2.42 bits per heavy atom. The van der Waals surface area contributed by atoms with E-state index in [0.29, 0.717) is 27.6 Å². The molecule has 9 heteroatoms. The number of para-hydroxylation sites is 1. The monoisotopic (exact) mass is 443 g/mol. The molecule has 0 aliphatic carbocycles. The summed E-state index contributed by atoms with van der Waals surface area (Å²) in [6.07, 6.45) is -1.12. The number of amides is 1. The molecule has 4 aromatic rings. The molecule has 2 heterocycles. The SMILES string of the molecule is O=C(NCc1ccc(C(F)(F)F)cc1)c1oc2ccccc2c1CSc1ncccn1. The second-order valence-corrected chi connectivity index (χ2v) is 7.55. The topological polar surface area (TPSA) is 68.0 Å². The number of furan rings is 1. The number of rotatable bonds is 6. The predicted octanol–water partition coefficient (Wildman–Crippen LogP) is 5.46. The molecule has 1 amide bonds. The molecular weight excluding hydrogens is 427 g/mol. The molecule has 0 aliphatic rings. The molecule has 0 unspecified atom stereocenters. The molecule has 2 aromatic carbocycles. The highest BCUT2D eigenvalue weighted by atomic mass is 32.2. The minimum absolute atomic E-state index is 0.0718. The van der Waals surface area contributed by atoms with E-state index < -0.39 is 17.6 Å². The van der Waals surface area contributed by atoms with Gasteiger partial charge >= 0.3 is 6.18 Å². The van der Waals surface area contributed by atoms with Gasteiger partial charge in [-0.25, -0.2) is 9.97 Å². The zero-order chi connectivity index (χ0) is 21.8. The van der Waals surface area contributed by atoms with Gasteiger partial charge in [0.2, 0.25) is 0 Å². The molecule has 1 N–H and O–H groups in total. The number of nitrogens with zero attached hydrogens (tertiary/aromatic N) is 2. The highest BCUT2D eigenvalue weighted by Gasteiger charge is 2.30. The van der Waals surface area contributed by atoms with Gasteiger partial charge < -0.3 is 9.73 Å². The van der Waals surface area contributed by atoms with Crippen LogP contribution in [0.15, 0.2) is 76.6 Å². The van der Waals surface area contributed by atoms with Gasteiger partial charge in [-0.2, -0.15) is 13.2 Å². The van der Waals surface area contributed by atoms with Crippen molar-refractivity contribution in [1.29, 1.82) is 0 Å². The van der Waals surface area contributed by atoms with Crippen molar-refractivity contribution in [1.82, 2.24) is 15.3 Å². The Labute approximate surface area is 179 Å². The number of nitrogens with one attached hydrogen (secondary N) is 1. The lowest BCUT2D eigenvalue weighted by Crippen LogP contribution is -2.23. The summed E-state index contributed by atoms with van der Waals surface area (Å²) in [5, 5.41) is 4.10. The van der Waals surface area contributed by atoms with Crippen molar-refractivity contribution in [2.75, 3.05) is 0 Å². The molecule has 2 aromatic heterocycles. The molecule has 4 rings (SSSR count). The van der Waals surface area contributed by atoms with E-state index >= 15 is 0 Å². The molecule has 0 radical (unpaired) electrons. The van der Waals surface area contributed by atoms with Crippen LogP contribution in [0, 0.1) is 0 Å². The van der Waals surface area contributed by atoms with Gasteiger partial charge in [0.05, 0.1) is 5.56 Å². The largest absolute Gasteiger partial charge is 0.451 e. The highest BCUT2D eigenvalue weighted by molar-refractivity contribution is 7.98. The van der Waals surface area contributed by atoms with Crippen molar-refractivity contribution in [3.63, 3.8) is 0 Å².